The standard InChI is InChI=1S/C13H13F3N2O/c1-9-7-17-12(18(9)2)8-19-11-5-3-4-10(6-11)13(14,15)16/h3-7H,8H2,1-2H3. The molecule has 0 bridgehead atoms. The molecule has 102 valence electrons. The number of benzene rings is 1. The Morgan fingerprint density at radius 1 is 1.32 bits per heavy atom. The molecular weight excluding hydrogens is 257 g/mol. The molecule has 0 aliphatic rings. The summed E-state index contributed by atoms with van der Waals surface area (Å²) in [5.74, 6) is 0.838. The van der Waals surface area contributed by atoms with Crippen LogP contribution in [-0.4, -0.2) is 9.55 Å². The Morgan fingerprint density at radius 3 is 2.63 bits per heavy atom. The van der Waals surface area contributed by atoms with Gasteiger partial charge in [0, 0.05) is 18.9 Å². The van der Waals surface area contributed by atoms with E-state index in [1.807, 2.05) is 18.5 Å². The van der Waals surface area contributed by atoms with Gasteiger partial charge >= 0.3 is 6.18 Å². The summed E-state index contributed by atoms with van der Waals surface area (Å²) in [4.78, 5) is 4.12. The predicted molar refractivity (Wildman–Crippen MR) is 63.7 cm³/mol. The molecule has 0 fully saturated rings. The molecule has 1 aromatic carbocycles. The van der Waals surface area contributed by atoms with Crippen molar-refractivity contribution in [3.05, 3.63) is 47.5 Å². The van der Waals surface area contributed by atoms with Gasteiger partial charge in [-0.25, -0.2) is 4.98 Å². The molecule has 0 N–H and O–H groups in total. The molecule has 3 nitrogen and oxygen atoms in total. The Kier molecular flexibility index (Phi) is 3.50. The molecule has 2 aromatic rings. The first-order valence-corrected chi connectivity index (χ1v) is 5.65. The van der Waals surface area contributed by atoms with Crippen molar-refractivity contribution in [1.29, 1.82) is 0 Å². The number of ether oxygens (including phenoxy) is 1. The highest BCUT2D eigenvalue weighted by molar-refractivity contribution is 5.30. The van der Waals surface area contributed by atoms with Crippen molar-refractivity contribution in [3.63, 3.8) is 0 Å². The molecule has 0 spiro atoms. The molecule has 2 rings (SSSR count). The van der Waals surface area contributed by atoms with Gasteiger partial charge in [-0.1, -0.05) is 6.07 Å². The molecule has 6 heteroatoms. The Morgan fingerprint density at radius 2 is 2.05 bits per heavy atom. The lowest BCUT2D eigenvalue weighted by Crippen LogP contribution is -2.07. The molecule has 1 heterocycles. The second kappa shape index (κ2) is 4.95. The first-order chi connectivity index (χ1) is 8.88. The van der Waals surface area contributed by atoms with Crippen molar-refractivity contribution in [2.45, 2.75) is 19.7 Å². The maximum Gasteiger partial charge on any atom is 0.416 e. The van der Waals surface area contributed by atoms with Crippen molar-refractivity contribution in [3.8, 4) is 5.75 Å². The van der Waals surface area contributed by atoms with Crippen LogP contribution in [0.5, 0.6) is 5.75 Å². The Balaban J connectivity index is 2.10. The van der Waals surface area contributed by atoms with Crippen LogP contribution >= 0.6 is 0 Å². The Labute approximate surface area is 108 Å². The van der Waals surface area contributed by atoms with Crippen molar-refractivity contribution < 1.29 is 17.9 Å². The van der Waals surface area contributed by atoms with Gasteiger partial charge in [0.15, 0.2) is 0 Å². The minimum Gasteiger partial charge on any atom is -0.486 e. The monoisotopic (exact) mass is 270 g/mol. The summed E-state index contributed by atoms with van der Waals surface area (Å²) in [7, 11) is 1.83. The van der Waals surface area contributed by atoms with E-state index in [9.17, 15) is 13.2 Å². The van der Waals surface area contributed by atoms with Crippen LogP contribution in [-0.2, 0) is 19.8 Å². The van der Waals surface area contributed by atoms with E-state index in [4.69, 9.17) is 4.74 Å². The van der Waals surface area contributed by atoms with Crippen LogP contribution in [0.2, 0.25) is 0 Å². The summed E-state index contributed by atoms with van der Waals surface area (Å²) in [6, 6.07) is 4.81. The molecule has 1 aromatic heterocycles. The molecule has 0 radical (unpaired) electrons. The molecule has 0 atom stereocenters. The number of halogens is 3. The van der Waals surface area contributed by atoms with Gasteiger partial charge in [0.2, 0.25) is 0 Å². The summed E-state index contributed by atoms with van der Waals surface area (Å²) < 4.78 is 44.7. The minimum atomic E-state index is -4.36. The normalized spacial score (nSPS) is 11.6. The maximum atomic E-state index is 12.5. The summed E-state index contributed by atoms with van der Waals surface area (Å²) in [5, 5.41) is 0. The van der Waals surface area contributed by atoms with Crippen molar-refractivity contribution in [2.24, 2.45) is 7.05 Å². The van der Waals surface area contributed by atoms with Gasteiger partial charge in [0.05, 0.1) is 5.56 Å². The van der Waals surface area contributed by atoms with Gasteiger partial charge in [-0.05, 0) is 25.1 Å². The number of hydrogen-bond acceptors (Lipinski definition) is 2. The number of alkyl halides is 3. The molecule has 19 heavy (non-hydrogen) atoms. The second-order valence-corrected chi connectivity index (χ2v) is 4.19. The molecule has 0 saturated carbocycles. The van der Waals surface area contributed by atoms with Crippen LogP contribution in [0.3, 0.4) is 0 Å². The third kappa shape index (κ3) is 3.07. The van der Waals surface area contributed by atoms with Gasteiger partial charge in [-0.2, -0.15) is 13.2 Å². The smallest absolute Gasteiger partial charge is 0.416 e. The number of nitrogens with zero attached hydrogens (tertiary/aromatic N) is 2. The first kappa shape index (κ1) is 13.5. The number of aromatic nitrogens is 2. The predicted octanol–water partition coefficient (Wildman–Crippen LogP) is 3.33. The number of aryl methyl sites for hydroxylation is 1. The summed E-state index contributed by atoms with van der Waals surface area (Å²) in [6.07, 6.45) is -2.68. The van der Waals surface area contributed by atoms with E-state index in [1.54, 1.807) is 6.20 Å². The average Bonchev–Trinajstić information content (AvgIpc) is 2.67. The average molecular weight is 270 g/mol. The van der Waals surface area contributed by atoms with E-state index in [0.717, 1.165) is 17.8 Å². The lowest BCUT2D eigenvalue weighted by atomic mass is 10.2. The highest BCUT2D eigenvalue weighted by atomic mass is 19.4. The molecule has 0 amide bonds. The van der Waals surface area contributed by atoms with E-state index in [-0.39, 0.29) is 12.4 Å². The SMILES string of the molecule is Cc1cnc(COc2cccc(C(F)(F)F)c2)n1C. The zero-order valence-corrected chi connectivity index (χ0v) is 10.5. The Bertz CT molecular complexity index is 576. The highest BCUT2D eigenvalue weighted by Gasteiger charge is 2.30. The fourth-order valence-corrected chi connectivity index (χ4v) is 1.59. The van der Waals surface area contributed by atoms with Crippen LogP contribution in [0.1, 0.15) is 17.1 Å². The van der Waals surface area contributed by atoms with Crippen LogP contribution in [0.15, 0.2) is 30.5 Å². The van der Waals surface area contributed by atoms with Crippen molar-refractivity contribution in [2.75, 3.05) is 0 Å². The zero-order chi connectivity index (χ0) is 14.0. The van der Waals surface area contributed by atoms with Crippen LogP contribution in [0.4, 0.5) is 13.2 Å². The molecule has 0 unspecified atom stereocenters. The van der Waals surface area contributed by atoms with Crippen LogP contribution < -0.4 is 4.74 Å². The van der Waals surface area contributed by atoms with E-state index in [0.29, 0.717) is 5.82 Å². The van der Waals surface area contributed by atoms with E-state index < -0.39 is 11.7 Å². The molecule has 0 saturated heterocycles. The number of rotatable bonds is 3. The zero-order valence-electron chi connectivity index (χ0n) is 10.5. The molecule has 0 aliphatic heterocycles. The van der Waals surface area contributed by atoms with Crippen molar-refractivity contribution >= 4 is 0 Å². The lowest BCUT2D eigenvalue weighted by Gasteiger charge is -2.10. The number of hydrogen-bond donors (Lipinski definition) is 0. The Hall–Kier alpha value is -1.98. The minimum absolute atomic E-state index is 0.131. The number of imidazole rings is 1. The first-order valence-electron chi connectivity index (χ1n) is 5.65. The largest absolute Gasteiger partial charge is 0.486 e. The maximum absolute atomic E-state index is 12.5. The van der Waals surface area contributed by atoms with E-state index >= 15 is 0 Å². The van der Waals surface area contributed by atoms with Gasteiger partial charge in [-0.3, -0.25) is 0 Å². The fourth-order valence-electron chi connectivity index (χ4n) is 1.59. The van der Waals surface area contributed by atoms with Crippen LogP contribution in [0, 0.1) is 6.92 Å². The summed E-state index contributed by atoms with van der Waals surface area (Å²) in [5.41, 5.74) is 0.240. The fraction of sp³-hybridized carbons (Fsp3) is 0.308. The summed E-state index contributed by atoms with van der Waals surface area (Å²) in [6.45, 7) is 2.02. The van der Waals surface area contributed by atoms with Crippen LogP contribution in [0.25, 0.3) is 0 Å². The molecular formula is C13H13F3N2O. The van der Waals surface area contributed by atoms with Gasteiger partial charge in [-0.15, -0.1) is 0 Å². The summed E-state index contributed by atoms with van der Waals surface area (Å²) >= 11 is 0. The van der Waals surface area contributed by atoms with E-state index in [2.05, 4.69) is 4.98 Å². The van der Waals surface area contributed by atoms with Gasteiger partial charge in [0.1, 0.15) is 18.2 Å². The molecule has 0 aliphatic carbocycles. The highest BCUT2D eigenvalue weighted by Crippen LogP contribution is 2.31. The quantitative estimate of drug-likeness (QED) is 0.855. The third-order valence-electron chi connectivity index (χ3n) is 2.85. The lowest BCUT2D eigenvalue weighted by molar-refractivity contribution is -0.137. The van der Waals surface area contributed by atoms with Crippen molar-refractivity contribution in [1.82, 2.24) is 9.55 Å². The van der Waals surface area contributed by atoms with Gasteiger partial charge in [0.25, 0.3) is 0 Å². The second-order valence-electron chi connectivity index (χ2n) is 4.19. The van der Waals surface area contributed by atoms with E-state index in [1.165, 1.54) is 12.1 Å². The third-order valence-corrected chi connectivity index (χ3v) is 2.85. The topological polar surface area (TPSA) is 27.1 Å². The van der Waals surface area contributed by atoms with Gasteiger partial charge < -0.3 is 9.30 Å².